The second-order valence-corrected chi connectivity index (χ2v) is 15.8. The lowest BCUT2D eigenvalue weighted by atomic mass is 9.94. The molecule has 3 atom stereocenters. The van der Waals surface area contributed by atoms with Crippen LogP contribution in [0.3, 0.4) is 0 Å². The van der Waals surface area contributed by atoms with E-state index >= 15 is 0 Å². The number of benzene rings is 1. The van der Waals surface area contributed by atoms with Crippen LogP contribution in [0.4, 0.5) is 0 Å². The van der Waals surface area contributed by atoms with Crippen LogP contribution in [0.1, 0.15) is 47.1 Å². The summed E-state index contributed by atoms with van der Waals surface area (Å²) in [4.78, 5) is 0. The maximum absolute atomic E-state index is 6.85. The summed E-state index contributed by atoms with van der Waals surface area (Å²) in [6.45, 7) is 19.5. The van der Waals surface area contributed by atoms with Gasteiger partial charge in [-0.2, -0.15) is 0 Å². The topological polar surface area (TPSA) is 27.7 Å². The number of rotatable bonds is 10. The van der Waals surface area contributed by atoms with Gasteiger partial charge in [0.1, 0.15) is 5.75 Å². The third-order valence-electron chi connectivity index (χ3n) is 5.62. The third kappa shape index (κ3) is 8.17. The molecule has 1 rings (SSSR count). The van der Waals surface area contributed by atoms with Crippen LogP contribution in [0.2, 0.25) is 18.1 Å². The SMILES string of the molecule is COc1ccc(COC[C@H](C)[C@H](O[Si](C)(C)C(C)(C)C)[C@@H](C)/C=C(\C)I)cc1. The average molecular weight is 519 g/mol. The average Bonchev–Trinajstić information content (AvgIpc) is 2.58. The zero-order chi connectivity index (χ0) is 21.5. The minimum absolute atomic E-state index is 0.154. The van der Waals surface area contributed by atoms with E-state index in [1.165, 1.54) is 3.58 Å². The first-order valence-electron chi connectivity index (χ1n) is 10.1. The van der Waals surface area contributed by atoms with Crippen molar-refractivity contribution >= 4 is 30.9 Å². The van der Waals surface area contributed by atoms with Gasteiger partial charge in [0.2, 0.25) is 0 Å². The van der Waals surface area contributed by atoms with Gasteiger partial charge >= 0.3 is 0 Å². The van der Waals surface area contributed by atoms with Gasteiger partial charge in [0.15, 0.2) is 8.32 Å². The molecule has 1 aromatic carbocycles. The van der Waals surface area contributed by atoms with E-state index in [-0.39, 0.29) is 11.1 Å². The highest BCUT2D eigenvalue weighted by Crippen LogP contribution is 2.39. The van der Waals surface area contributed by atoms with Crippen LogP contribution in [0.5, 0.6) is 5.75 Å². The Labute approximate surface area is 187 Å². The highest BCUT2D eigenvalue weighted by atomic mass is 127. The first kappa shape index (κ1) is 25.7. The van der Waals surface area contributed by atoms with Crippen LogP contribution in [0.25, 0.3) is 0 Å². The fourth-order valence-corrected chi connectivity index (χ4v) is 4.94. The van der Waals surface area contributed by atoms with Crippen molar-refractivity contribution in [2.45, 2.75) is 72.4 Å². The predicted octanol–water partition coefficient (Wildman–Crippen LogP) is 7.21. The van der Waals surface area contributed by atoms with E-state index in [2.05, 4.69) is 95.4 Å². The van der Waals surface area contributed by atoms with Crippen molar-refractivity contribution in [3.05, 3.63) is 39.5 Å². The van der Waals surface area contributed by atoms with Crippen molar-refractivity contribution in [3.63, 3.8) is 0 Å². The van der Waals surface area contributed by atoms with E-state index in [9.17, 15) is 0 Å². The van der Waals surface area contributed by atoms with Gasteiger partial charge in [0.05, 0.1) is 26.4 Å². The Hall–Kier alpha value is -0.373. The van der Waals surface area contributed by atoms with Gasteiger partial charge in [0.25, 0.3) is 0 Å². The lowest BCUT2D eigenvalue weighted by Crippen LogP contribution is -2.47. The molecule has 1 aromatic rings. The second kappa shape index (κ2) is 11.1. The number of halogens is 1. The molecule has 0 radical (unpaired) electrons. The Morgan fingerprint density at radius 3 is 2.18 bits per heavy atom. The van der Waals surface area contributed by atoms with Crippen LogP contribution >= 0.6 is 22.6 Å². The van der Waals surface area contributed by atoms with E-state index in [4.69, 9.17) is 13.9 Å². The number of ether oxygens (including phenoxy) is 2. The fourth-order valence-electron chi connectivity index (χ4n) is 2.90. The highest BCUT2D eigenvalue weighted by molar-refractivity contribution is 14.1. The van der Waals surface area contributed by atoms with Gasteiger partial charge < -0.3 is 13.9 Å². The summed E-state index contributed by atoms with van der Waals surface area (Å²) in [5, 5.41) is 0.192. The minimum Gasteiger partial charge on any atom is -0.497 e. The number of allylic oxidation sites excluding steroid dienone is 1. The maximum Gasteiger partial charge on any atom is 0.192 e. The number of hydrogen-bond acceptors (Lipinski definition) is 3. The standard InChI is InChI=1S/C23H39IO3Si/c1-17(14-19(3)24)22(27-28(8,9)23(4,5)6)18(2)15-26-16-20-10-12-21(25-7)13-11-20/h10-14,17-18,22H,15-16H2,1-9H3/b19-14+/t17-,18-,22+/m0/s1. The summed E-state index contributed by atoms with van der Waals surface area (Å²) in [6, 6.07) is 8.05. The molecule has 0 bridgehead atoms. The highest BCUT2D eigenvalue weighted by Gasteiger charge is 2.41. The summed E-state index contributed by atoms with van der Waals surface area (Å²) in [5.74, 6) is 1.54. The van der Waals surface area contributed by atoms with Crippen molar-refractivity contribution in [2.24, 2.45) is 11.8 Å². The van der Waals surface area contributed by atoms with E-state index in [1.807, 2.05) is 12.1 Å². The molecule has 5 heteroatoms. The van der Waals surface area contributed by atoms with Gasteiger partial charge in [-0.25, -0.2) is 0 Å². The van der Waals surface area contributed by atoms with Gasteiger partial charge in [0, 0.05) is 11.8 Å². The van der Waals surface area contributed by atoms with Crippen LogP contribution in [-0.4, -0.2) is 28.1 Å². The quantitative estimate of drug-likeness (QED) is 0.242. The van der Waals surface area contributed by atoms with E-state index in [1.54, 1.807) is 7.11 Å². The van der Waals surface area contributed by atoms with E-state index in [0.717, 1.165) is 11.3 Å². The molecule has 28 heavy (non-hydrogen) atoms. The summed E-state index contributed by atoms with van der Waals surface area (Å²) in [7, 11) is -0.176. The molecule has 0 spiro atoms. The molecule has 0 saturated heterocycles. The molecule has 0 aliphatic rings. The van der Waals surface area contributed by atoms with Crippen molar-refractivity contribution in [1.82, 2.24) is 0 Å². The molecule has 0 heterocycles. The molecular weight excluding hydrogens is 479 g/mol. The van der Waals surface area contributed by atoms with Crippen LogP contribution in [0, 0.1) is 11.8 Å². The molecule has 0 unspecified atom stereocenters. The molecule has 0 aliphatic heterocycles. The normalized spacial score (nSPS) is 16.6. The van der Waals surface area contributed by atoms with Crippen LogP contribution in [-0.2, 0) is 15.8 Å². The maximum atomic E-state index is 6.85. The summed E-state index contributed by atoms with van der Waals surface area (Å²) in [6.07, 6.45) is 2.47. The molecule has 3 nitrogen and oxygen atoms in total. The Balaban J connectivity index is 2.80. The molecule has 0 aliphatic carbocycles. The Morgan fingerprint density at radius 1 is 1.14 bits per heavy atom. The van der Waals surface area contributed by atoms with Crippen LogP contribution in [0.15, 0.2) is 33.9 Å². The van der Waals surface area contributed by atoms with Crippen molar-refractivity contribution in [3.8, 4) is 5.75 Å². The van der Waals surface area contributed by atoms with Crippen LogP contribution < -0.4 is 4.74 Å². The van der Waals surface area contributed by atoms with Gasteiger partial charge in [-0.15, -0.1) is 0 Å². The van der Waals surface area contributed by atoms with Crippen molar-refractivity contribution in [2.75, 3.05) is 13.7 Å². The largest absolute Gasteiger partial charge is 0.497 e. The first-order valence-corrected chi connectivity index (χ1v) is 14.1. The number of hydrogen-bond donors (Lipinski definition) is 0. The minimum atomic E-state index is -1.86. The van der Waals surface area contributed by atoms with E-state index in [0.29, 0.717) is 25.0 Å². The molecule has 0 saturated carbocycles. The molecule has 0 N–H and O–H groups in total. The first-order chi connectivity index (χ1) is 12.9. The summed E-state index contributed by atoms with van der Waals surface area (Å²) in [5.41, 5.74) is 1.16. The summed E-state index contributed by atoms with van der Waals surface area (Å²) >= 11 is 2.39. The van der Waals surface area contributed by atoms with Crippen molar-refractivity contribution in [1.29, 1.82) is 0 Å². The third-order valence-corrected chi connectivity index (χ3v) is 10.5. The Morgan fingerprint density at radius 2 is 1.71 bits per heavy atom. The lowest BCUT2D eigenvalue weighted by molar-refractivity contribution is 0.0194. The van der Waals surface area contributed by atoms with Crippen molar-refractivity contribution < 1.29 is 13.9 Å². The Bertz CT molecular complexity index is 616. The molecule has 0 amide bonds. The molecule has 0 fully saturated rings. The van der Waals surface area contributed by atoms with Gasteiger partial charge in [-0.3, -0.25) is 0 Å². The zero-order valence-electron chi connectivity index (χ0n) is 19.1. The smallest absolute Gasteiger partial charge is 0.192 e. The lowest BCUT2D eigenvalue weighted by Gasteiger charge is -2.42. The zero-order valence-corrected chi connectivity index (χ0v) is 22.3. The van der Waals surface area contributed by atoms with E-state index < -0.39 is 8.32 Å². The second-order valence-electron chi connectivity index (χ2n) is 9.30. The predicted molar refractivity (Wildman–Crippen MR) is 131 cm³/mol. The Kier molecular flexibility index (Phi) is 10.2. The molecule has 0 aromatic heterocycles. The van der Waals surface area contributed by atoms with Gasteiger partial charge in [-0.1, -0.05) is 52.8 Å². The van der Waals surface area contributed by atoms with Gasteiger partial charge in [-0.05, 0) is 68.9 Å². The number of methoxy groups -OCH3 is 1. The molecule has 160 valence electrons. The fraction of sp³-hybridized carbons (Fsp3) is 0.652. The monoisotopic (exact) mass is 518 g/mol. The summed E-state index contributed by atoms with van der Waals surface area (Å²) < 4.78 is 19.4. The molecular formula is C23H39IO3Si.